The van der Waals surface area contributed by atoms with Crippen molar-refractivity contribution in [3.05, 3.63) is 76.6 Å². The molecular weight excluding hydrogens is 554 g/mol. The molecule has 228 valence electrons. The fourth-order valence-corrected chi connectivity index (χ4v) is 7.77. The molecule has 0 radical (unpaired) electrons. The number of hydrogen-bond acceptors (Lipinski definition) is 6. The molecule has 2 aromatic carbocycles. The second-order valence-corrected chi connectivity index (χ2v) is 13.1. The van der Waals surface area contributed by atoms with E-state index >= 15 is 0 Å². The van der Waals surface area contributed by atoms with Crippen molar-refractivity contribution in [2.45, 2.75) is 52.1 Å². The summed E-state index contributed by atoms with van der Waals surface area (Å²) >= 11 is 0. The van der Waals surface area contributed by atoms with E-state index in [0.29, 0.717) is 41.4 Å². The molecule has 1 aliphatic rings. The zero-order chi connectivity index (χ0) is 30.6. The van der Waals surface area contributed by atoms with Gasteiger partial charge in [0, 0.05) is 38.1 Å². The number of carbonyl (C=O) groups excluding carboxylic acids is 1. The summed E-state index contributed by atoms with van der Waals surface area (Å²) in [7, 11) is -0.608. The largest absolute Gasteiger partial charge is 0.497 e. The fraction of sp³-hybridized carbons (Fsp3) is 0.469. The smallest absolute Gasteiger partial charge is 0.249 e. The Bertz CT molecular complexity index is 1510. The molecule has 0 aliphatic carbocycles. The lowest BCUT2D eigenvalue weighted by Crippen LogP contribution is -2.44. The van der Waals surface area contributed by atoms with Crippen LogP contribution in [0.25, 0.3) is 0 Å². The Morgan fingerprint density at radius 2 is 1.79 bits per heavy atom. The van der Waals surface area contributed by atoms with Gasteiger partial charge in [0.05, 0.1) is 31.8 Å². The number of nitrogens with zero attached hydrogens (tertiary/aromatic N) is 3. The van der Waals surface area contributed by atoms with Gasteiger partial charge in [-0.25, -0.2) is 8.42 Å². The number of amides is 1. The van der Waals surface area contributed by atoms with E-state index in [1.807, 2.05) is 75.2 Å². The Labute approximate surface area is 250 Å². The van der Waals surface area contributed by atoms with Crippen LogP contribution in [0.2, 0.25) is 0 Å². The van der Waals surface area contributed by atoms with Gasteiger partial charge < -0.3 is 23.7 Å². The van der Waals surface area contributed by atoms with Crippen LogP contribution in [0.15, 0.2) is 53.6 Å². The van der Waals surface area contributed by atoms with E-state index in [0.717, 1.165) is 22.6 Å². The van der Waals surface area contributed by atoms with Gasteiger partial charge in [0.1, 0.15) is 18.1 Å². The lowest BCUT2D eigenvalue weighted by atomic mass is 9.99. The molecule has 3 aromatic rings. The number of hydrogen-bond donors (Lipinski definition) is 0. The Balaban J connectivity index is 1.48. The standard InChI is InChI=1S/C32H43N3O6S/c1-22(2)20-34(42(37,38)32-23(3)18-29(40-7)24(4)25(32)5)16-17-41-21-30(36)35-15-14-33-13-9-12-28(33)31(35)26-10-8-11-27(19-26)39-6/h8-13,18-19,22,31H,14-17,20-21H2,1-7H3. The first kappa shape index (κ1) is 31.6. The molecule has 42 heavy (non-hydrogen) atoms. The van der Waals surface area contributed by atoms with E-state index in [1.54, 1.807) is 27.2 Å². The fourth-order valence-electron chi connectivity index (χ4n) is 5.70. The third kappa shape index (κ3) is 6.50. The van der Waals surface area contributed by atoms with Gasteiger partial charge >= 0.3 is 0 Å². The highest BCUT2D eigenvalue weighted by molar-refractivity contribution is 7.89. The number of ether oxygens (including phenoxy) is 3. The summed E-state index contributed by atoms with van der Waals surface area (Å²) in [5.41, 5.74) is 4.09. The maximum absolute atomic E-state index is 13.9. The molecule has 4 rings (SSSR count). The third-order valence-electron chi connectivity index (χ3n) is 7.84. The van der Waals surface area contributed by atoms with Crippen LogP contribution in [0.4, 0.5) is 0 Å². The van der Waals surface area contributed by atoms with Gasteiger partial charge in [-0.05, 0) is 79.3 Å². The Kier molecular flexibility index (Phi) is 10.0. The van der Waals surface area contributed by atoms with Crippen molar-refractivity contribution in [2.75, 3.05) is 47.1 Å². The number of aromatic nitrogens is 1. The molecule has 1 amide bonds. The molecule has 0 bridgehead atoms. The van der Waals surface area contributed by atoms with Gasteiger partial charge in [0.15, 0.2) is 0 Å². The number of aryl methyl sites for hydroxylation is 1. The number of carbonyl (C=O) groups is 1. The van der Waals surface area contributed by atoms with Crippen LogP contribution in [0.3, 0.4) is 0 Å². The van der Waals surface area contributed by atoms with Crippen LogP contribution in [-0.2, 0) is 26.1 Å². The van der Waals surface area contributed by atoms with Crippen molar-refractivity contribution in [2.24, 2.45) is 5.92 Å². The highest BCUT2D eigenvalue weighted by Gasteiger charge is 2.33. The lowest BCUT2D eigenvalue weighted by Gasteiger charge is -2.37. The van der Waals surface area contributed by atoms with Crippen LogP contribution >= 0.6 is 0 Å². The summed E-state index contributed by atoms with van der Waals surface area (Å²) in [6.45, 7) is 11.1. The highest BCUT2D eigenvalue weighted by atomic mass is 32.2. The normalized spacial score (nSPS) is 15.3. The van der Waals surface area contributed by atoms with Crippen LogP contribution in [0.5, 0.6) is 11.5 Å². The summed E-state index contributed by atoms with van der Waals surface area (Å²) in [5, 5.41) is 0. The summed E-state index contributed by atoms with van der Waals surface area (Å²) in [6, 6.07) is 13.3. The molecule has 1 aromatic heterocycles. The van der Waals surface area contributed by atoms with E-state index in [1.165, 1.54) is 4.31 Å². The van der Waals surface area contributed by atoms with Gasteiger partial charge in [-0.3, -0.25) is 4.79 Å². The number of fused-ring (bicyclic) bond motifs is 1. The van der Waals surface area contributed by atoms with Crippen molar-refractivity contribution >= 4 is 15.9 Å². The highest BCUT2D eigenvalue weighted by Crippen LogP contribution is 2.35. The number of benzene rings is 2. The van der Waals surface area contributed by atoms with Crippen LogP contribution in [0.1, 0.15) is 47.8 Å². The monoisotopic (exact) mass is 597 g/mol. The Morgan fingerprint density at radius 1 is 1.02 bits per heavy atom. The molecule has 0 saturated heterocycles. The first-order chi connectivity index (χ1) is 20.0. The Morgan fingerprint density at radius 3 is 2.48 bits per heavy atom. The molecule has 9 nitrogen and oxygen atoms in total. The van der Waals surface area contributed by atoms with E-state index in [9.17, 15) is 13.2 Å². The first-order valence-corrected chi connectivity index (χ1v) is 15.7. The predicted molar refractivity (Wildman–Crippen MR) is 163 cm³/mol. The summed E-state index contributed by atoms with van der Waals surface area (Å²) < 4.78 is 48.2. The van der Waals surface area contributed by atoms with Gasteiger partial charge in [0.25, 0.3) is 0 Å². The van der Waals surface area contributed by atoms with Gasteiger partial charge in [0.2, 0.25) is 15.9 Å². The molecule has 0 saturated carbocycles. The quantitative estimate of drug-likeness (QED) is 0.281. The maximum Gasteiger partial charge on any atom is 0.249 e. The molecule has 2 heterocycles. The van der Waals surface area contributed by atoms with Crippen molar-refractivity contribution in [1.29, 1.82) is 0 Å². The van der Waals surface area contributed by atoms with E-state index in [2.05, 4.69) is 4.57 Å². The van der Waals surface area contributed by atoms with E-state index in [-0.39, 0.29) is 37.6 Å². The minimum absolute atomic E-state index is 0.0962. The minimum atomic E-state index is -3.82. The zero-order valence-electron chi connectivity index (χ0n) is 25.7. The van der Waals surface area contributed by atoms with Crippen LogP contribution < -0.4 is 9.47 Å². The average Bonchev–Trinajstić information content (AvgIpc) is 3.44. The van der Waals surface area contributed by atoms with Gasteiger partial charge in [-0.2, -0.15) is 4.31 Å². The third-order valence-corrected chi connectivity index (χ3v) is 10.00. The van der Waals surface area contributed by atoms with Gasteiger partial charge in [-0.15, -0.1) is 0 Å². The summed E-state index contributed by atoms with van der Waals surface area (Å²) in [6.07, 6.45) is 2.03. The lowest BCUT2D eigenvalue weighted by molar-refractivity contribution is -0.139. The molecule has 1 atom stereocenters. The SMILES string of the molecule is COc1cccc(C2c3cccn3CCN2C(=O)COCCN(CC(C)C)S(=O)(=O)c2c(C)cc(OC)c(C)c2C)c1. The predicted octanol–water partition coefficient (Wildman–Crippen LogP) is 4.73. The average molecular weight is 598 g/mol. The molecular formula is C32H43N3O6S. The molecule has 1 aliphatic heterocycles. The zero-order valence-corrected chi connectivity index (χ0v) is 26.5. The molecule has 0 N–H and O–H groups in total. The van der Waals surface area contributed by atoms with Crippen molar-refractivity contribution in [1.82, 2.24) is 13.8 Å². The number of rotatable bonds is 12. The van der Waals surface area contributed by atoms with Crippen LogP contribution in [-0.4, -0.2) is 75.2 Å². The molecule has 10 heteroatoms. The van der Waals surface area contributed by atoms with Gasteiger partial charge in [-0.1, -0.05) is 26.0 Å². The molecule has 0 spiro atoms. The summed E-state index contributed by atoms with van der Waals surface area (Å²) in [4.78, 5) is 15.6. The second kappa shape index (κ2) is 13.3. The topological polar surface area (TPSA) is 90.3 Å². The van der Waals surface area contributed by atoms with Crippen molar-refractivity contribution in [3.8, 4) is 11.5 Å². The maximum atomic E-state index is 13.9. The number of sulfonamides is 1. The molecule has 0 fully saturated rings. The molecule has 1 unspecified atom stereocenters. The van der Waals surface area contributed by atoms with Crippen molar-refractivity contribution in [3.63, 3.8) is 0 Å². The summed E-state index contributed by atoms with van der Waals surface area (Å²) in [5.74, 6) is 1.35. The Hall–Kier alpha value is -3.34. The minimum Gasteiger partial charge on any atom is -0.497 e. The van der Waals surface area contributed by atoms with Crippen molar-refractivity contribution < 1.29 is 27.4 Å². The van der Waals surface area contributed by atoms with E-state index in [4.69, 9.17) is 14.2 Å². The first-order valence-electron chi connectivity index (χ1n) is 14.3. The van der Waals surface area contributed by atoms with Crippen LogP contribution in [0, 0.1) is 26.7 Å². The second-order valence-electron chi connectivity index (χ2n) is 11.2. The number of methoxy groups -OCH3 is 2. The van der Waals surface area contributed by atoms with E-state index < -0.39 is 10.0 Å².